The van der Waals surface area contributed by atoms with E-state index in [1.54, 1.807) is 48.5 Å². The molecule has 2 amide bonds. The van der Waals surface area contributed by atoms with Crippen LogP contribution in [0.4, 0.5) is 10.5 Å². The highest BCUT2D eigenvalue weighted by molar-refractivity contribution is 8.15. The first-order valence-electron chi connectivity index (χ1n) is 8.70. The molecule has 1 atom stereocenters. The normalized spacial score (nSPS) is 16.2. The van der Waals surface area contributed by atoms with E-state index in [-0.39, 0.29) is 17.7 Å². The summed E-state index contributed by atoms with van der Waals surface area (Å²) in [6, 6.07) is 13.8. The third-order valence-electron chi connectivity index (χ3n) is 4.11. The van der Waals surface area contributed by atoms with E-state index in [9.17, 15) is 14.4 Å². The van der Waals surface area contributed by atoms with Crippen LogP contribution in [0.25, 0.3) is 0 Å². The molecule has 146 valence electrons. The highest BCUT2D eigenvalue weighted by Gasteiger charge is 2.39. The van der Waals surface area contributed by atoms with Crippen molar-refractivity contribution in [3.05, 3.63) is 59.7 Å². The molecule has 2 aromatic carbocycles. The second kappa shape index (κ2) is 8.79. The van der Waals surface area contributed by atoms with Gasteiger partial charge in [-0.25, -0.2) is 4.79 Å². The Kier molecular flexibility index (Phi) is 6.20. The fraction of sp³-hybridized carbons (Fsp3) is 0.250. The number of amides is 2. The van der Waals surface area contributed by atoms with Crippen molar-refractivity contribution in [3.63, 3.8) is 0 Å². The summed E-state index contributed by atoms with van der Waals surface area (Å²) in [6.45, 7) is 2.63. The van der Waals surface area contributed by atoms with Crippen molar-refractivity contribution in [2.45, 2.75) is 18.8 Å². The van der Waals surface area contributed by atoms with Gasteiger partial charge in [-0.15, -0.1) is 0 Å². The number of thioether (sulfide) groups is 1. The maximum absolute atomic E-state index is 12.6. The monoisotopic (exact) mass is 400 g/mol. The van der Waals surface area contributed by atoms with E-state index in [1.165, 1.54) is 12.0 Å². The molecule has 1 aliphatic heterocycles. The molecule has 8 heteroatoms. The predicted octanol–water partition coefficient (Wildman–Crippen LogP) is 3.51. The number of anilines is 1. The van der Waals surface area contributed by atoms with Crippen molar-refractivity contribution in [3.8, 4) is 5.75 Å². The van der Waals surface area contributed by atoms with Crippen molar-refractivity contribution in [1.82, 2.24) is 4.90 Å². The highest BCUT2D eigenvalue weighted by atomic mass is 32.2. The number of nitrogens with zero attached hydrogens (tertiary/aromatic N) is 1. The smallest absolute Gasteiger partial charge is 0.337 e. The summed E-state index contributed by atoms with van der Waals surface area (Å²) in [6.07, 6.45) is 0. The number of rotatable bonds is 7. The van der Waals surface area contributed by atoms with Crippen molar-refractivity contribution in [1.29, 1.82) is 0 Å². The molecular formula is C20H20N2O5S. The molecule has 1 heterocycles. The van der Waals surface area contributed by atoms with Crippen molar-refractivity contribution in [2.24, 2.45) is 0 Å². The van der Waals surface area contributed by atoms with E-state index in [0.717, 1.165) is 28.8 Å². The van der Waals surface area contributed by atoms with E-state index in [2.05, 4.69) is 10.1 Å². The molecule has 7 nitrogen and oxygen atoms in total. The molecule has 1 fully saturated rings. The molecule has 1 saturated heterocycles. The van der Waals surface area contributed by atoms with Crippen LogP contribution in [0, 0.1) is 0 Å². The fourth-order valence-electron chi connectivity index (χ4n) is 2.69. The van der Waals surface area contributed by atoms with Gasteiger partial charge in [0.2, 0.25) is 0 Å². The molecule has 0 saturated carbocycles. The predicted molar refractivity (Wildman–Crippen MR) is 106 cm³/mol. The Bertz CT molecular complexity index is 867. The summed E-state index contributed by atoms with van der Waals surface area (Å²) < 4.78 is 10.0. The van der Waals surface area contributed by atoms with Gasteiger partial charge >= 0.3 is 5.97 Å². The third-order valence-corrected chi connectivity index (χ3v) is 5.09. The quantitative estimate of drug-likeness (QED) is 0.712. The van der Waals surface area contributed by atoms with Gasteiger partial charge in [0, 0.05) is 5.69 Å². The van der Waals surface area contributed by atoms with Crippen LogP contribution in [-0.4, -0.2) is 41.1 Å². The van der Waals surface area contributed by atoms with Gasteiger partial charge in [0.15, 0.2) is 5.37 Å². The molecule has 0 aromatic heterocycles. The average Bonchev–Trinajstić information content (AvgIpc) is 2.97. The van der Waals surface area contributed by atoms with E-state index in [4.69, 9.17) is 4.74 Å². The summed E-state index contributed by atoms with van der Waals surface area (Å²) in [5.41, 5.74) is 1.89. The van der Waals surface area contributed by atoms with E-state index < -0.39 is 11.3 Å². The molecule has 1 aliphatic rings. The molecular weight excluding hydrogens is 380 g/mol. The molecule has 1 N–H and O–H groups in total. The van der Waals surface area contributed by atoms with Crippen LogP contribution in [-0.2, 0) is 16.1 Å². The number of imide groups is 1. The minimum Gasteiger partial charge on any atom is -0.494 e. The fourth-order valence-corrected chi connectivity index (χ4v) is 3.60. The standard InChI is InChI=1S/C20H20N2O5S/c1-3-27-16-10-8-15(9-11-16)21-17-18(23)22(20(25)28-17)12-13-4-6-14(7-5-13)19(24)26-2/h4-11,17,21H,3,12H2,1-2H3/t17-/m0/s1. The third kappa shape index (κ3) is 4.45. The minimum absolute atomic E-state index is 0.146. The molecule has 0 bridgehead atoms. The molecule has 0 spiro atoms. The highest BCUT2D eigenvalue weighted by Crippen LogP contribution is 2.30. The second-order valence-electron chi connectivity index (χ2n) is 5.98. The van der Waals surface area contributed by atoms with Gasteiger partial charge < -0.3 is 14.8 Å². The SMILES string of the molecule is CCOc1ccc(N[C@H]2SC(=O)N(Cc3ccc(C(=O)OC)cc3)C2=O)cc1. The first-order valence-corrected chi connectivity index (χ1v) is 9.58. The topological polar surface area (TPSA) is 84.9 Å². The van der Waals surface area contributed by atoms with E-state index in [0.29, 0.717) is 12.2 Å². The average molecular weight is 400 g/mol. The van der Waals surface area contributed by atoms with Gasteiger partial charge in [-0.2, -0.15) is 0 Å². The Labute approximate surface area is 167 Å². The molecule has 2 aromatic rings. The Hall–Kier alpha value is -3.00. The van der Waals surface area contributed by atoms with Gasteiger partial charge in [0.05, 0.1) is 25.8 Å². The van der Waals surface area contributed by atoms with Gasteiger partial charge in [-0.05, 0) is 60.6 Å². The molecule has 3 rings (SSSR count). The number of benzene rings is 2. The summed E-state index contributed by atoms with van der Waals surface area (Å²) in [5.74, 6) is 0.00235. The zero-order valence-corrected chi connectivity index (χ0v) is 16.3. The molecule has 28 heavy (non-hydrogen) atoms. The largest absolute Gasteiger partial charge is 0.494 e. The number of carbonyl (C=O) groups is 3. The number of nitrogens with one attached hydrogen (secondary N) is 1. The van der Waals surface area contributed by atoms with Crippen LogP contribution in [0.1, 0.15) is 22.8 Å². The Morgan fingerprint density at radius 2 is 1.79 bits per heavy atom. The Balaban J connectivity index is 1.63. The van der Waals surface area contributed by atoms with Crippen molar-refractivity contribution < 1.29 is 23.9 Å². The zero-order chi connectivity index (χ0) is 20.1. The summed E-state index contributed by atoms with van der Waals surface area (Å²) in [7, 11) is 1.31. The summed E-state index contributed by atoms with van der Waals surface area (Å²) >= 11 is 0.943. The maximum atomic E-state index is 12.6. The van der Waals surface area contributed by atoms with Crippen molar-refractivity contribution in [2.75, 3.05) is 19.0 Å². The van der Waals surface area contributed by atoms with E-state index >= 15 is 0 Å². The molecule has 0 unspecified atom stereocenters. The second-order valence-corrected chi connectivity index (χ2v) is 7.03. The van der Waals surface area contributed by atoms with Crippen LogP contribution in [0.3, 0.4) is 0 Å². The van der Waals surface area contributed by atoms with Crippen LogP contribution in [0.15, 0.2) is 48.5 Å². The van der Waals surface area contributed by atoms with Gasteiger partial charge in [-0.3, -0.25) is 14.5 Å². The first kappa shape index (κ1) is 19.8. The van der Waals surface area contributed by atoms with Gasteiger partial charge in [0.1, 0.15) is 5.75 Å². The van der Waals surface area contributed by atoms with Crippen LogP contribution in [0.2, 0.25) is 0 Å². The lowest BCUT2D eigenvalue weighted by Gasteiger charge is -2.15. The van der Waals surface area contributed by atoms with Crippen LogP contribution in [0.5, 0.6) is 5.75 Å². The first-order chi connectivity index (χ1) is 13.5. The molecule has 0 radical (unpaired) electrons. The number of hydrogen-bond acceptors (Lipinski definition) is 7. The Morgan fingerprint density at radius 3 is 2.39 bits per heavy atom. The molecule has 0 aliphatic carbocycles. The van der Waals surface area contributed by atoms with Crippen molar-refractivity contribution >= 4 is 34.6 Å². The Morgan fingerprint density at radius 1 is 1.11 bits per heavy atom. The summed E-state index contributed by atoms with van der Waals surface area (Å²) in [4.78, 5) is 37.6. The van der Waals surface area contributed by atoms with E-state index in [1.807, 2.05) is 6.92 Å². The number of carbonyl (C=O) groups excluding carboxylic acids is 3. The minimum atomic E-state index is -0.681. The van der Waals surface area contributed by atoms with Crippen LogP contribution >= 0.6 is 11.8 Å². The lowest BCUT2D eigenvalue weighted by molar-refractivity contribution is -0.126. The lowest BCUT2D eigenvalue weighted by atomic mass is 10.1. The lowest BCUT2D eigenvalue weighted by Crippen LogP contribution is -2.33. The number of esters is 1. The number of ether oxygens (including phenoxy) is 2. The van der Waals surface area contributed by atoms with Gasteiger partial charge in [-0.1, -0.05) is 12.1 Å². The zero-order valence-electron chi connectivity index (χ0n) is 15.5. The summed E-state index contributed by atoms with van der Waals surface area (Å²) in [5, 5.41) is 2.08. The maximum Gasteiger partial charge on any atom is 0.337 e. The van der Waals surface area contributed by atoms with Crippen LogP contribution < -0.4 is 10.1 Å². The number of methoxy groups -OCH3 is 1. The number of hydrogen-bond donors (Lipinski definition) is 1. The van der Waals surface area contributed by atoms with Gasteiger partial charge in [0.25, 0.3) is 11.1 Å².